The fourth-order valence-corrected chi connectivity index (χ4v) is 3.81. The van der Waals surface area contributed by atoms with Gasteiger partial charge in [-0.25, -0.2) is 4.79 Å². The third-order valence-corrected chi connectivity index (χ3v) is 15.0. The summed E-state index contributed by atoms with van der Waals surface area (Å²) in [7, 11) is -3.87. The number of cyclic esters (lactones) is 1. The highest BCUT2D eigenvalue weighted by Crippen LogP contribution is 2.38. The Morgan fingerprint density at radius 1 is 0.923 bits per heavy atom. The number of hydrogen-bond acceptors (Lipinski definition) is 5. The van der Waals surface area contributed by atoms with Crippen LogP contribution in [-0.4, -0.2) is 48.2 Å². The van der Waals surface area contributed by atoms with E-state index in [4.69, 9.17) is 18.3 Å². The smallest absolute Gasteiger partial charge is 0.338 e. The van der Waals surface area contributed by atoms with Gasteiger partial charge in [0.2, 0.25) is 6.29 Å². The summed E-state index contributed by atoms with van der Waals surface area (Å²) in [5.41, 5.74) is 0.312. The third-order valence-electron chi connectivity index (χ3n) is 5.99. The Hall–Kier alpha value is -0.476. The van der Waals surface area contributed by atoms with Crippen molar-refractivity contribution < 1.29 is 23.1 Å². The molecule has 0 aromatic carbocycles. The second-order valence-electron chi connectivity index (χ2n) is 10.1. The van der Waals surface area contributed by atoms with E-state index in [9.17, 15) is 4.79 Å². The van der Waals surface area contributed by atoms with E-state index in [1.54, 1.807) is 0 Å². The standard InChI is InChI=1S/C19H38O5Si2/c1-14-15(12-21-25(8,9)18(2,3)4)23-16(24-17(14)20)13-22-26(10,11)19(5,6)7/h15-16H,1,12-13H2,2-11H3/t15-,16-/m0/s1. The van der Waals surface area contributed by atoms with Crippen molar-refractivity contribution >= 4 is 22.6 Å². The lowest BCUT2D eigenvalue weighted by Crippen LogP contribution is -2.49. The molecular formula is C19H38O5Si2. The van der Waals surface area contributed by atoms with Crippen LogP contribution in [0, 0.1) is 0 Å². The number of carbonyl (C=O) groups excluding carboxylic acids is 1. The molecule has 0 amide bonds. The van der Waals surface area contributed by atoms with Crippen molar-refractivity contribution in [2.45, 2.75) is 90.2 Å². The largest absolute Gasteiger partial charge is 0.430 e. The van der Waals surface area contributed by atoms with E-state index in [1.807, 2.05) is 0 Å². The van der Waals surface area contributed by atoms with Crippen LogP contribution in [-0.2, 0) is 23.1 Å². The minimum absolute atomic E-state index is 0.0835. The minimum atomic E-state index is -1.94. The van der Waals surface area contributed by atoms with Crippen molar-refractivity contribution in [3.63, 3.8) is 0 Å². The van der Waals surface area contributed by atoms with Crippen molar-refractivity contribution in [1.82, 2.24) is 0 Å². The van der Waals surface area contributed by atoms with Crippen LogP contribution >= 0.6 is 0 Å². The number of rotatable bonds is 6. The van der Waals surface area contributed by atoms with E-state index in [0.717, 1.165) is 0 Å². The van der Waals surface area contributed by atoms with Crippen LogP contribution < -0.4 is 0 Å². The molecular weight excluding hydrogens is 364 g/mol. The Labute approximate surface area is 161 Å². The fraction of sp³-hybridized carbons (Fsp3) is 0.842. The Morgan fingerprint density at radius 2 is 1.35 bits per heavy atom. The molecule has 0 radical (unpaired) electrons. The molecule has 0 aliphatic carbocycles. The maximum atomic E-state index is 12.2. The summed E-state index contributed by atoms with van der Waals surface area (Å²) >= 11 is 0. The number of carbonyl (C=O) groups is 1. The molecule has 0 aromatic heterocycles. The molecule has 0 unspecified atom stereocenters. The molecule has 1 saturated heterocycles. The summed E-state index contributed by atoms with van der Waals surface area (Å²) in [6, 6.07) is 0. The van der Waals surface area contributed by atoms with E-state index < -0.39 is 35.0 Å². The van der Waals surface area contributed by atoms with Gasteiger partial charge < -0.3 is 18.3 Å². The van der Waals surface area contributed by atoms with Crippen molar-refractivity contribution in [2.75, 3.05) is 13.2 Å². The first kappa shape index (κ1) is 23.6. The predicted molar refractivity (Wildman–Crippen MR) is 110 cm³/mol. The Morgan fingerprint density at radius 3 is 1.77 bits per heavy atom. The van der Waals surface area contributed by atoms with E-state index in [-0.39, 0.29) is 16.7 Å². The summed E-state index contributed by atoms with van der Waals surface area (Å²) in [5, 5.41) is 0.175. The van der Waals surface area contributed by atoms with Gasteiger partial charge in [-0.1, -0.05) is 48.1 Å². The fourth-order valence-electron chi connectivity index (χ4n) is 1.83. The Bertz CT molecular complexity index is 529. The third kappa shape index (κ3) is 5.76. The first-order valence-electron chi connectivity index (χ1n) is 9.31. The summed E-state index contributed by atoms with van der Waals surface area (Å²) in [4.78, 5) is 12.2. The number of esters is 1. The zero-order valence-electron chi connectivity index (χ0n) is 18.3. The van der Waals surface area contributed by atoms with Crippen LogP contribution in [0.25, 0.3) is 0 Å². The van der Waals surface area contributed by atoms with Crippen LogP contribution in [0.1, 0.15) is 41.5 Å². The monoisotopic (exact) mass is 402 g/mol. The minimum Gasteiger partial charge on any atom is -0.430 e. The zero-order chi connectivity index (χ0) is 20.6. The maximum Gasteiger partial charge on any atom is 0.338 e. The normalized spacial score (nSPS) is 23.2. The molecule has 152 valence electrons. The first-order valence-corrected chi connectivity index (χ1v) is 15.1. The molecule has 0 saturated carbocycles. The summed E-state index contributed by atoms with van der Waals surface area (Å²) in [6.45, 7) is 26.1. The van der Waals surface area contributed by atoms with Gasteiger partial charge in [0.1, 0.15) is 6.10 Å². The number of hydrogen-bond donors (Lipinski definition) is 0. The highest BCUT2D eigenvalue weighted by Gasteiger charge is 2.42. The zero-order valence-corrected chi connectivity index (χ0v) is 20.3. The molecule has 0 aromatic rings. The molecule has 0 N–H and O–H groups in total. The first-order chi connectivity index (χ1) is 11.5. The van der Waals surface area contributed by atoms with Gasteiger partial charge in [0.15, 0.2) is 16.6 Å². The average molecular weight is 403 g/mol. The summed E-state index contributed by atoms with van der Waals surface area (Å²) < 4.78 is 23.6. The molecule has 1 rings (SSSR count). The topological polar surface area (TPSA) is 54.0 Å². The van der Waals surface area contributed by atoms with Crippen LogP contribution in [0.3, 0.4) is 0 Å². The van der Waals surface area contributed by atoms with Gasteiger partial charge in [0.25, 0.3) is 0 Å². The molecule has 1 aliphatic rings. The van der Waals surface area contributed by atoms with Gasteiger partial charge in [-0.2, -0.15) is 0 Å². The molecule has 7 heteroatoms. The lowest BCUT2D eigenvalue weighted by Gasteiger charge is -2.40. The Kier molecular flexibility index (Phi) is 7.13. The average Bonchev–Trinajstić information content (AvgIpc) is 2.44. The molecule has 1 fully saturated rings. The SMILES string of the molecule is C=C1C(=O)O[C@@H](CO[Si](C)(C)C(C)(C)C)O[C@H]1CO[Si](C)(C)C(C)(C)C. The van der Waals surface area contributed by atoms with Crippen LogP contribution in [0.4, 0.5) is 0 Å². The van der Waals surface area contributed by atoms with E-state index >= 15 is 0 Å². The second kappa shape index (κ2) is 7.87. The van der Waals surface area contributed by atoms with E-state index in [1.165, 1.54) is 0 Å². The second-order valence-corrected chi connectivity index (χ2v) is 19.7. The van der Waals surface area contributed by atoms with E-state index in [2.05, 4.69) is 74.3 Å². The van der Waals surface area contributed by atoms with Gasteiger partial charge in [-0.05, 0) is 36.3 Å². The molecule has 1 aliphatic heterocycles. The highest BCUT2D eigenvalue weighted by atomic mass is 28.4. The van der Waals surface area contributed by atoms with Gasteiger partial charge in [-0.3, -0.25) is 0 Å². The van der Waals surface area contributed by atoms with Gasteiger partial charge in [-0.15, -0.1) is 0 Å². The molecule has 0 bridgehead atoms. The highest BCUT2D eigenvalue weighted by molar-refractivity contribution is 6.74. The van der Waals surface area contributed by atoms with Crippen LogP contribution in [0.2, 0.25) is 36.3 Å². The van der Waals surface area contributed by atoms with Crippen LogP contribution in [0.5, 0.6) is 0 Å². The Balaban J connectivity index is 2.72. The summed E-state index contributed by atoms with van der Waals surface area (Å²) in [5.74, 6) is -0.427. The molecule has 26 heavy (non-hydrogen) atoms. The quantitative estimate of drug-likeness (QED) is 0.361. The maximum absolute atomic E-state index is 12.2. The summed E-state index contributed by atoms with van der Waals surface area (Å²) in [6.07, 6.45) is -1.20. The van der Waals surface area contributed by atoms with Crippen molar-refractivity contribution in [1.29, 1.82) is 0 Å². The van der Waals surface area contributed by atoms with Gasteiger partial charge >= 0.3 is 5.97 Å². The molecule has 0 spiro atoms. The van der Waals surface area contributed by atoms with Crippen LogP contribution in [0.15, 0.2) is 12.2 Å². The molecule has 5 nitrogen and oxygen atoms in total. The molecule has 2 atom stereocenters. The van der Waals surface area contributed by atoms with Crippen molar-refractivity contribution in [3.05, 3.63) is 12.2 Å². The van der Waals surface area contributed by atoms with Gasteiger partial charge in [0, 0.05) is 0 Å². The van der Waals surface area contributed by atoms with E-state index in [0.29, 0.717) is 12.2 Å². The van der Waals surface area contributed by atoms with Crippen molar-refractivity contribution in [3.8, 4) is 0 Å². The van der Waals surface area contributed by atoms with Gasteiger partial charge in [0.05, 0.1) is 18.8 Å². The molecule has 1 heterocycles. The lowest BCUT2D eigenvalue weighted by molar-refractivity contribution is -0.211. The number of ether oxygens (including phenoxy) is 2. The lowest BCUT2D eigenvalue weighted by atomic mass is 10.1. The van der Waals surface area contributed by atoms with Crippen molar-refractivity contribution in [2.24, 2.45) is 0 Å². The predicted octanol–water partition coefficient (Wildman–Crippen LogP) is 4.85.